The van der Waals surface area contributed by atoms with Gasteiger partial charge < -0.3 is 16.0 Å². The van der Waals surface area contributed by atoms with E-state index in [0.717, 1.165) is 0 Å². The smallest absolute Gasteiger partial charge is 0.242 e. The summed E-state index contributed by atoms with van der Waals surface area (Å²) < 4.78 is 0. The fourth-order valence-corrected chi connectivity index (χ4v) is 1.16. The largest absolute Gasteiger partial charge is 0.354 e. The van der Waals surface area contributed by atoms with Crippen LogP contribution in [0, 0.1) is 0 Å². The molecule has 1 aliphatic rings. The van der Waals surface area contributed by atoms with E-state index in [1.54, 1.807) is 14.0 Å². The van der Waals surface area contributed by atoms with Crippen LogP contribution in [0.15, 0.2) is 0 Å². The Morgan fingerprint density at radius 2 is 2.38 bits per heavy atom. The molecule has 1 aliphatic heterocycles. The summed E-state index contributed by atoms with van der Waals surface area (Å²) in [7, 11) is 1.71. The van der Waals surface area contributed by atoms with Gasteiger partial charge in [0, 0.05) is 6.54 Å². The molecular formula is C8H15N3O2. The molecule has 2 amide bonds. The summed E-state index contributed by atoms with van der Waals surface area (Å²) in [4.78, 5) is 22.4. The molecule has 3 N–H and O–H groups in total. The van der Waals surface area contributed by atoms with E-state index in [-0.39, 0.29) is 23.9 Å². The molecule has 0 saturated carbocycles. The fourth-order valence-electron chi connectivity index (χ4n) is 1.16. The van der Waals surface area contributed by atoms with Gasteiger partial charge in [-0.25, -0.2) is 0 Å². The summed E-state index contributed by atoms with van der Waals surface area (Å²) in [6.45, 7) is 2.40. The van der Waals surface area contributed by atoms with Crippen molar-refractivity contribution in [2.24, 2.45) is 0 Å². The monoisotopic (exact) mass is 185 g/mol. The third-order valence-electron chi connectivity index (χ3n) is 2.19. The zero-order valence-corrected chi connectivity index (χ0v) is 7.89. The average Bonchev–Trinajstić information content (AvgIpc) is 2.50. The molecule has 0 aromatic heterocycles. The second kappa shape index (κ2) is 4.23. The highest BCUT2D eigenvalue weighted by Gasteiger charge is 2.26. The highest BCUT2D eigenvalue weighted by molar-refractivity contribution is 5.90. The van der Waals surface area contributed by atoms with Crippen molar-refractivity contribution < 1.29 is 9.59 Å². The normalized spacial score (nSPS) is 23.8. The number of hydrogen-bond acceptors (Lipinski definition) is 3. The molecule has 74 valence electrons. The molecular weight excluding hydrogens is 170 g/mol. The lowest BCUT2D eigenvalue weighted by molar-refractivity contribution is -0.128. The molecule has 5 nitrogen and oxygen atoms in total. The summed E-state index contributed by atoms with van der Waals surface area (Å²) >= 11 is 0. The first kappa shape index (κ1) is 9.98. The van der Waals surface area contributed by atoms with Gasteiger partial charge in [0.25, 0.3) is 0 Å². The maximum atomic E-state index is 11.3. The Morgan fingerprint density at radius 3 is 2.85 bits per heavy atom. The first-order chi connectivity index (χ1) is 6.15. The number of rotatable bonds is 3. The first-order valence-corrected chi connectivity index (χ1v) is 4.40. The maximum Gasteiger partial charge on any atom is 0.242 e. The van der Waals surface area contributed by atoms with Crippen LogP contribution < -0.4 is 16.0 Å². The standard InChI is InChI=1S/C8H15N3O2/c1-5(9-2)7(12)11-6-3-4-10-8(6)13/h5-6,9H,3-4H2,1-2H3,(H,10,13)(H,11,12)/t5?,6-/m0/s1. The van der Waals surface area contributed by atoms with Crippen molar-refractivity contribution in [1.29, 1.82) is 0 Å². The summed E-state index contributed by atoms with van der Waals surface area (Å²) in [5.41, 5.74) is 0. The Morgan fingerprint density at radius 1 is 1.69 bits per heavy atom. The molecule has 0 aromatic carbocycles. The molecule has 0 aliphatic carbocycles. The minimum Gasteiger partial charge on any atom is -0.354 e. The van der Waals surface area contributed by atoms with Gasteiger partial charge >= 0.3 is 0 Å². The number of amides is 2. The van der Waals surface area contributed by atoms with E-state index < -0.39 is 0 Å². The number of carbonyl (C=O) groups excluding carboxylic acids is 2. The fraction of sp³-hybridized carbons (Fsp3) is 0.750. The Labute approximate surface area is 77.3 Å². The van der Waals surface area contributed by atoms with Crippen molar-refractivity contribution in [2.75, 3.05) is 13.6 Å². The molecule has 1 fully saturated rings. The highest BCUT2D eigenvalue weighted by atomic mass is 16.2. The zero-order valence-electron chi connectivity index (χ0n) is 7.89. The lowest BCUT2D eigenvalue weighted by Gasteiger charge is -2.14. The van der Waals surface area contributed by atoms with Gasteiger partial charge in [0.05, 0.1) is 6.04 Å². The van der Waals surface area contributed by atoms with E-state index in [1.165, 1.54) is 0 Å². The summed E-state index contributed by atoms with van der Waals surface area (Å²) in [6.07, 6.45) is 0.682. The molecule has 1 heterocycles. The number of carbonyl (C=O) groups is 2. The molecule has 13 heavy (non-hydrogen) atoms. The molecule has 0 aromatic rings. The molecule has 0 bridgehead atoms. The number of hydrogen-bond donors (Lipinski definition) is 3. The van der Waals surface area contributed by atoms with Gasteiger partial charge in [-0.15, -0.1) is 0 Å². The summed E-state index contributed by atoms with van der Waals surface area (Å²) in [5.74, 6) is -0.221. The molecule has 1 rings (SSSR count). The van der Waals surface area contributed by atoms with E-state index in [9.17, 15) is 9.59 Å². The van der Waals surface area contributed by atoms with Gasteiger partial charge in [0.1, 0.15) is 6.04 Å². The Kier molecular flexibility index (Phi) is 3.25. The predicted molar refractivity (Wildman–Crippen MR) is 48.1 cm³/mol. The molecule has 0 radical (unpaired) electrons. The van der Waals surface area contributed by atoms with Crippen molar-refractivity contribution >= 4 is 11.8 Å². The highest BCUT2D eigenvalue weighted by Crippen LogP contribution is 1.99. The molecule has 1 saturated heterocycles. The van der Waals surface area contributed by atoms with E-state index in [0.29, 0.717) is 13.0 Å². The Bertz CT molecular complexity index is 217. The van der Waals surface area contributed by atoms with Crippen LogP contribution in [-0.2, 0) is 9.59 Å². The number of nitrogens with one attached hydrogen (secondary N) is 3. The lowest BCUT2D eigenvalue weighted by atomic mass is 10.2. The maximum absolute atomic E-state index is 11.3. The quantitative estimate of drug-likeness (QED) is 0.506. The second-order valence-corrected chi connectivity index (χ2v) is 3.15. The van der Waals surface area contributed by atoms with Crippen molar-refractivity contribution in [2.45, 2.75) is 25.4 Å². The van der Waals surface area contributed by atoms with E-state index >= 15 is 0 Å². The van der Waals surface area contributed by atoms with Crippen molar-refractivity contribution in [3.63, 3.8) is 0 Å². The Hall–Kier alpha value is -1.10. The summed E-state index contributed by atoms with van der Waals surface area (Å²) in [6, 6.07) is -0.600. The first-order valence-electron chi connectivity index (χ1n) is 4.40. The molecule has 0 spiro atoms. The van der Waals surface area contributed by atoms with Gasteiger partial charge in [0.2, 0.25) is 11.8 Å². The van der Waals surface area contributed by atoms with Crippen molar-refractivity contribution in [1.82, 2.24) is 16.0 Å². The van der Waals surface area contributed by atoms with Crippen molar-refractivity contribution in [3.05, 3.63) is 0 Å². The van der Waals surface area contributed by atoms with Gasteiger partial charge in [0.15, 0.2) is 0 Å². The van der Waals surface area contributed by atoms with Gasteiger partial charge in [-0.3, -0.25) is 9.59 Å². The zero-order chi connectivity index (χ0) is 9.84. The third-order valence-corrected chi connectivity index (χ3v) is 2.19. The van der Waals surface area contributed by atoms with Crippen LogP contribution in [0.5, 0.6) is 0 Å². The topological polar surface area (TPSA) is 70.2 Å². The van der Waals surface area contributed by atoms with E-state index in [4.69, 9.17) is 0 Å². The van der Waals surface area contributed by atoms with E-state index in [2.05, 4.69) is 16.0 Å². The predicted octanol–water partition coefficient (Wildman–Crippen LogP) is -1.40. The van der Waals surface area contributed by atoms with Crippen LogP contribution in [0.4, 0.5) is 0 Å². The van der Waals surface area contributed by atoms with E-state index in [1.807, 2.05) is 0 Å². The average molecular weight is 185 g/mol. The van der Waals surface area contributed by atoms with Gasteiger partial charge in [-0.1, -0.05) is 0 Å². The van der Waals surface area contributed by atoms with Crippen LogP contribution in [0.25, 0.3) is 0 Å². The Balaban J connectivity index is 2.39. The molecule has 5 heteroatoms. The van der Waals surface area contributed by atoms with Crippen LogP contribution in [0.1, 0.15) is 13.3 Å². The minimum atomic E-state index is -0.344. The molecule has 1 unspecified atom stereocenters. The number of likely N-dealkylation sites (N-methyl/N-ethyl adjacent to an activating group) is 1. The van der Waals surface area contributed by atoms with Crippen molar-refractivity contribution in [3.8, 4) is 0 Å². The lowest BCUT2D eigenvalue weighted by Crippen LogP contribution is -2.47. The van der Waals surface area contributed by atoms with Crippen LogP contribution in [0.2, 0.25) is 0 Å². The minimum absolute atomic E-state index is 0.0864. The summed E-state index contributed by atoms with van der Waals surface area (Å²) in [5, 5.41) is 8.13. The van der Waals surface area contributed by atoms with Crippen LogP contribution >= 0.6 is 0 Å². The molecule has 2 atom stereocenters. The van der Waals surface area contributed by atoms with Gasteiger partial charge in [-0.05, 0) is 20.4 Å². The third kappa shape index (κ3) is 2.42. The SMILES string of the molecule is CNC(C)C(=O)N[C@H]1CCNC1=O. The second-order valence-electron chi connectivity index (χ2n) is 3.15. The van der Waals surface area contributed by atoms with Gasteiger partial charge in [-0.2, -0.15) is 0 Å². The van der Waals surface area contributed by atoms with Crippen LogP contribution in [-0.4, -0.2) is 37.5 Å². The van der Waals surface area contributed by atoms with Crippen LogP contribution in [0.3, 0.4) is 0 Å².